The number of rotatable bonds is 7. The number of nitrogens with zero attached hydrogens (tertiary/aromatic N) is 2. The second-order valence-corrected chi connectivity index (χ2v) is 4.87. The summed E-state index contributed by atoms with van der Waals surface area (Å²) in [5.74, 6) is -0.937. The molecular weight excluding hydrogens is 242 g/mol. The largest absolute Gasteiger partial charge is 0.478 e. The van der Waals surface area contributed by atoms with E-state index in [2.05, 4.69) is 16.7 Å². The van der Waals surface area contributed by atoms with E-state index in [1.807, 2.05) is 14.1 Å². The van der Waals surface area contributed by atoms with Crippen LogP contribution in [0.15, 0.2) is 18.2 Å². The first-order valence-electron chi connectivity index (χ1n) is 6.48. The van der Waals surface area contributed by atoms with Gasteiger partial charge in [-0.25, -0.2) is 4.79 Å². The van der Waals surface area contributed by atoms with Gasteiger partial charge in [0.25, 0.3) is 0 Å². The van der Waals surface area contributed by atoms with Crippen LogP contribution in [0.25, 0.3) is 0 Å². The number of carboxylic acids is 1. The minimum atomic E-state index is -0.937. The summed E-state index contributed by atoms with van der Waals surface area (Å²) in [6, 6.07) is 5.07. The van der Waals surface area contributed by atoms with Gasteiger partial charge in [0.2, 0.25) is 0 Å². The van der Waals surface area contributed by atoms with Crippen molar-refractivity contribution in [2.24, 2.45) is 0 Å². The Kier molecular flexibility index (Phi) is 5.63. The van der Waals surface area contributed by atoms with Gasteiger partial charge in [-0.1, -0.05) is 6.92 Å². The molecule has 0 saturated heterocycles. The number of aromatic carboxylic acids is 1. The Morgan fingerprint density at radius 2 is 1.95 bits per heavy atom. The van der Waals surface area contributed by atoms with Gasteiger partial charge < -0.3 is 20.6 Å². The fraction of sp³-hybridized carbons (Fsp3) is 0.500. The predicted octanol–water partition coefficient (Wildman–Crippen LogP) is 1.74. The van der Waals surface area contributed by atoms with Crippen LogP contribution in [0.2, 0.25) is 0 Å². The molecule has 3 N–H and O–H groups in total. The molecule has 0 radical (unpaired) electrons. The Morgan fingerprint density at radius 3 is 2.47 bits per heavy atom. The van der Waals surface area contributed by atoms with Crippen molar-refractivity contribution < 1.29 is 9.90 Å². The van der Waals surface area contributed by atoms with Crippen LogP contribution < -0.4 is 10.6 Å². The Hall–Kier alpha value is -1.75. The van der Waals surface area contributed by atoms with Crippen LogP contribution in [-0.2, 0) is 0 Å². The third-order valence-corrected chi connectivity index (χ3v) is 2.90. The molecule has 1 aromatic carbocycles. The smallest absolute Gasteiger partial charge is 0.337 e. The highest BCUT2D eigenvalue weighted by atomic mass is 16.4. The molecule has 0 aromatic heterocycles. The molecule has 0 heterocycles. The van der Waals surface area contributed by atoms with Gasteiger partial charge in [0.05, 0.1) is 11.3 Å². The van der Waals surface area contributed by atoms with E-state index in [4.69, 9.17) is 5.73 Å². The lowest BCUT2D eigenvalue weighted by atomic mass is 10.1. The summed E-state index contributed by atoms with van der Waals surface area (Å²) in [6.45, 7) is 4.59. The molecule has 106 valence electrons. The van der Waals surface area contributed by atoms with Crippen molar-refractivity contribution in [2.75, 3.05) is 44.4 Å². The topological polar surface area (TPSA) is 69.8 Å². The lowest BCUT2D eigenvalue weighted by molar-refractivity contribution is 0.0697. The molecule has 5 heteroatoms. The van der Waals surface area contributed by atoms with E-state index in [-0.39, 0.29) is 5.56 Å². The lowest BCUT2D eigenvalue weighted by Gasteiger charge is -2.27. The van der Waals surface area contributed by atoms with E-state index in [1.54, 1.807) is 12.1 Å². The molecule has 0 atom stereocenters. The molecule has 0 aliphatic heterocycles. The van der Waals surface area contributed by atoms with Crippen LogP contribution >= 0.6 is 0 Å². The minimum absolute atomic E-state index is 0.271. The Bertz CT molecular complexity index is 433. The maximum atomic E-state index is 11.3. The molecule has 5 nitrogen and oxygen atoms in total. The second-order valence-electron chi connectivity index (χ2n) is 4.87. The standard InChI is InChI=1S/C14H23N3O2/c1-4-7-17(9-8-16(2)3)13-6-5-11(15)10-12(13)14(18)19/h5-6,10H,4,7-9,15H2,1-3H3,(H,18,19). The van der Waals surface area contributed by atoms with E-state index in [1.165, 1.54) is 6.07 Å². The summed E-state index contributed by atoms with van der Waals surface area (Å²) in [4.78, 5) is 15.5. The Morgan fingerprint density at radius 1 is 1.26 bits per heavy atom. The molecule has 0 bridgehead atoms. The zero-order chi connectivity index (χ0) is 14.4. The number of carbonyl (C=O) groups is 1. The molecule has 19 heavy (non-hydrogen) atoms. The number of nitrogen functional groups attached to an aromatic ring is 1. The number of benzene rings is 1. The van der Waals surface area contributed by atoms with E-state index in [0.29, 0.717) is 5.69 Å². The number of hydrogen-bond acceptors (Lipinski definition) is 4. The molecule has 0 aliphatic carbocycles. The van der Waals surface area contributed by atoms with Gasteiger partial charge in [0, 0.05) is 25.3 Å². The van der Waals surface area contributed by atoms with Crippen molar-refractivity contribution >= 4 is 17.3 Å². The molecule has 0 spiro atoms. The van der Waals surface area contributed by atoms with Crippen LogP contribution in [0.3, 0.4) is 0 Å². The molecule has 0 unspecified atom stereocenters. The first-order valence-corrected chi connectivity index (χ1v) is 6.48. The maximum Gasteiger partial charge on any atom is 0.337 e. The SMILES string of the molecule is CCCN(CCN(C)C)c1ccc(N)cc1C(=O)O. The number of carboxylic acid groups (broad SMARTS) is 1. The van der Waals surface area contributed by atoms with Crippen LogP contribution in [0.1, 0.15) is 23.7 Å². The Labute approximate surface area is 114 Å². The minimum Gasteiger partial charge on any atom is -0.478 e. The summed E-state index contributed by atoms with van der Waals surface area (Å²) < 4.78 is 0. The van der Waals surface area contributed by atoms with Crippen molar-refractivity contribution in [3.8, 4) is 0 Å². The molecular formula is C14H23N3O2. The van der Waals surface area contributed by atoms with Gasteiger partial charge >= 0.3 is 5.97 Å². The van der Waals surface area contributed by atoms with Gasteiger partial charge in [-0.2, -0.15) is 0 Å². The summed E-state index contributed by atoms with van der Waals surface area (Å²) >= 11 is 0. The number of anilines is 2. The van der Waals surface area contributed by atoms with Crippen molar-refractivity contribution in [3.05, 3.63) is 23.8 Å². The first-order chi connectivity index (χ1) is 8.95. The monoisotopic (exact) mass is 265 g/mol. The molecule has 0 fully saturated rings. The summed E-state index contributed by atoms with van der Waals surface area (Å²) in [5, 5.41) is 9.29. The van der Waals surface area contributed by atoms with Gasteiger partial charge in [-0.3, -0.25) is 0 Å². The summed E-state index contributed by atoms with van der Waals surface area (Å²) in [6.07, 6.45) is 0.969. The fourth-order valence-corrected chi connectivity index (χ4v) is 1.94. The van der Waals surface area contributed by atoms with E-state index >= 15 is 0 Å². The normalized spacial score (nSPS) is 10.7. The third-order valence-electron chi connectivity index (χ3n) is 2.90. The highest BCUT2D eigenvalue weighted by Crippen LogP contribution is 2.23. The zero-order valence-electron chi connectivity index (χ0n) is 11.9. The van der Waals surface area contributed by atoms with Gasteiger partial charge in [0.1, 0.15) is 0 Å². The van der Waals surface area contributed by atoms with Crippen LogP contribution in [0.5, 0.6) is 0 Å². The molecule has 0 amide bonds. The average Bonchev–Trinajstić information content (AvgIpc) is 2.34. The maximum absolute atomic E-state index is 11.3. The van der Waals surface area contributed by atoms with Gasteiger partial charge in [0.15, 0.2) is 0 Å². The first kappa shape index (κ1) is 15.3. The fourth-order valence-electron chi connectivity index (χ4n) is 1.94. The van der Waals surface area contributed by atoms with Crippen molar-refractivity contribution in [1.82, 2.24) is 4.90 Å². The lowest BCUT2D eigenvalue weighted by Crippen LogP contribution is -2.33. The average molecular weight is 265 g/mol. The number of hydrogen-bond donors (Lipinski definition) is 2. The van der Waals surface area contributed by atoms with Crippen molar-refractivity contribution in [3.63, 3.8) is 0 Å². The quantitative estimate of drug-likeness (QED) is 0.735. The van der Waals surface area contributed by atoms with Crippen molar-refractivity contribution in [2.45, 2.75) is 13.3 Å². The highest BCUT2D eigenvalue weighted by Gasteiger charge is 2.16. The van der Waals surface area contributed by atoms with Crippen LogP contribution in [0.4, 0.5) is 11.4 Å². The second kappa shape index (κ2) is 6.99. The van der Waals surface area contributed by atoms with E-state index in [9.17, 15) is 9.90 Å². The predicted molar refractivity (Wildman–Crippen MR) is 78.9 cm³/mol. The van der Waals surface area contributed by atoms with Gasteiger partial charge in [-0.05, 0) is 38.7 Å². The molecule has 0 aliphatic rings. The molecule has 1 rings (SSSR count). The van der Waals surface area contributed by atoms with Gasteiger partial charge in [-0.15, -0.1) is 0 Å². The molecule has 0 saturated carbocycles. The van der Waals surface area contributed by atoms with Crippen LogP contribution in [0, 0.1) is 0 Å². The Balaban J connectivity index is 3.03. The highest BCUT2D eigenvalue weighted by molar-refractivity contribution is 5.95. The summed E-state index contributed by atoms with van der Waals surface area (Å²) in [5.41, 5.74) is 7.16. The number of nitrogens with two attached hydrogens (primary N) is 1. The molecule has 1 aromatic rings. The van der Waals surface area contributed by atoms with Crippen molar-refractivity contribution in [1.29, 1.82) is 0 Å². The van der Waals surface area contributed by atoms with E-state index in [0.717, 1.165) is 31.7 Å². The summed E-state index contributed by atoms with van der Waals surface area (Å²) in [7, 11) is 4.01. The van der Waals surface area contributed by atoms with Crippen LogP contribution in [-0.4, -0.2) is 49.7 Å². The third kappa shape index (κ3) is 4.44. The zero-order valence-corrected chi connectivity index (χ0v) is 11.9. The number of likely N-dealkylation sites (N-methyl/N-ethyl adjacent to an activating group) is 1. The van der Waals surface area contributed by atoms with E-state index < -0.39 is 5.97 Å².